The van der Waals surface area contributed by atoms with Gasteiger partial charge in [0.2, 0.25) is 0 Å². The number of hydrogen-bond acceptors (Lipinski definition) is 3. The van der Waals surface area contributed by atoms with Crippen LogP contribution in [0.5, 0.6) is 0 Å². The number of halogens is 1. The van der Waals surface area contributed by atoms with Gasteiger partial charge in [0.15, 0.2) is 0 Å². The van der Waals surface area contributed by atoms with Crippen LogP contribution in [0.1, 0.15) is 5.56 Å². The van der Waals surface area contributed by atoms with Crippen LogP contribution in [-0.4, -0.2) is 19.4 Å². The smallest absolute Gasteiger partial charge is 0.268 e. The molecule has 1 heterocycles. The van der Waals surface area contributed by atoms with Gasteiger partial charge in [-0.05, 0) is 60.6 Å². The number of hydrogen-bond donors (Lipinski definition) is 1. The van der Waals surface area contributed by atoms with E-state index >= 15 is 0 Å². The minimum Gasteiger partial charge on any atom is -0.316 e. The SMILES string of the molecule is CNCc1cc(-c2ccc(F)cc2)n(S(=O)(=O)c2ccccc2)c1. The molecule has 2 aromatic carbocycles. The second-order valence-corrected chi connectivity index (χ2v) is 7.20. The fourth-order valence-electron chi connectivity index (χ4n) is 2.53. The number of benzene rings is 2. The molecule has 124 valence electrons. The van der Waals surface area contributed by atoms with E-state index < -0.39 is 10.0 Å². The Balaban J connectivity index is 2.18. The van der Waals surface area contributed by atoms with Crippen molar-refractivity contribution < 1.29 is 12.8 Å². The molecule has 0 radical (unpaired) electrons. The summed E-state index contributed by atoms with van der Waals surface area (Å²) in [6, 6.07) is 15.8. The molecule has 0 aliphatic rings. The van der Waals surface area contributed by atoms with Gasteiger partial charge < -0.3 is 5.32 Å². The molecular weight excluding hydrogens is 327 g/mol. The molecule has 1 N–H and O–H groups in total. The van der Waals surface area contributed by atoms with Crippen molar-refractivity contribution in [3.63, 3.8) is 0 Å². The Labute approximate surface area is 140 Å². The molecule has 0 bridgehead atoms. The van der Waals surface area contributed by atoms with E-state index in [1.807, 2.05) is 0 Å². The minimum atomic E-state index is -3.73. The Bertz CT molecular complexity index is 933. The lowest BCUT2D eigenvalue weighted by molar-refractivity contribution is 0.588. The van der Waals surface area contributed by atoms with Crippen LogP contribution in [0.3, 0.4) is 0 Å². The maximum atomic E-state index is 13.2. The molecule has 4 nitrogen and oxygen atoms in total. The third-order valence-corrected chi connectivity index (χ3v) is 5.35. The van der Waals surface area contributed by atoms with Crippen molar-refractivity contribution in [2.24, 2.45) is 0 Å². The van der Waals surface area contributed by atoms with Gasteiger partial charge in [0.25, 0.3) is 10.0 Å². The molecule has 0 unspecified atom stereocenters. The normalized spacial score (nSPS) is 11.6. The van der Waals surface area contributed by atoms with Gasteiger partial charge in [0.05, 0.1) is 10.6 Å². The van der Waals surface area contributed by atoms with Crippen LogP contribution in [0.15, 0.2) is 71.8 Å². The highest BCUT2D eigenvalue weighted by atomic mass is 32.2. The Morgan fingerprint density at radius 2 is 1.71 bits per heavy atom. The third-order valence-electron chi connectivity index (χ3n) is 3.66. The summed E-state index contributed by atoms with van der Waals surface area (Å²) in [7, 11) is -1.94. The maximum Gasteiger partial charge on any atom is 0.268 e. The van der Waals surface area contributed by atoms with E-state index in [-0.39, 0.29) is 10.7 Å². The number of nitrogens with zero attached hydrogens (tertiary/aromatic N) is 1. The predicted molar refractivity (Wildman–Crippen MR) is 91.6 cm³/mol. The summed E-state index contributed by atoms with van der Waals surface area (Å²) in [5.74, 6) is -0.363. The molecular formula is C18H17FN2O2S. The standard InChI is InChI=1S/C18H17FN2O2S/c1-20-12-14-11-18(15-7-9-16(19)10-8-15)21(13-14)24(22,23)17-5-3-2-4-6-17/h2-11,13,20H,12H2,1H3. The van der Waals surface area contributed by atoms with Gasteiger partial charge in [0.1, 0.15) is 5.82 Å². The molecule has 3 aromatic rings. The second-order valence-electron chi connectivity index (χ2n) is 5.38. The van der Waals surface area contributed by atoms with Crippen LogP contribution < -0.4 is 5.32 Å². The Hall–Kier alpha value is -2.44. The van der Waals surface area contributed by atoms with Crippen LogP contribution in [0.4, 0.5) is 4.39 Å². The summed E-state index contributed by atoms with van der Waals surface area (Å²) in [6.07, 6.45) is 1.59. The highest BCUT2D eigenvalue weighted by Gasteiger charge is 2.21. The summed E-state index contributed by atoms with van der Waals surface area (Å²) in [5, 5.41) is 3.01. The summed E-state index contributed by atoms with van der Waals surface area (Å²) in [5.41, 5.74) is 1.97. The maximum absolute atomic E-state index is 13.2. The van der Waals surface area contributed by atoms with E-state index in [2.05, 4.69) is 5.32 Å². The molecule has 0 aliphatic carbocycles. The van der Waals surface area contributed by atoms with E-state index in [9.17, 15) is 12.8 Å². The number of nitrogens with one attached hydrogen (secondary N) is 1. The van der Waals surface area contributed by atoms with Gasteiger partial charge in [-0.2, -0.15) is 0 Å². The molecule has 0 fully saturated rings. The van der Waals surface area contributed by atoms with Crippen molar-refractivity contribution in [1.29, 1.82) is 0 Å². The van der Waals surface area contributed by atoms with Crippen LogP contribution in [0, 0.1) is 5.82 Å². The van der Waals surface area contributed by atoms with Gasteiger partial charge in [-0.1, -0.05) is 18.2 Å². The number of rotatable bonds is 5. The largest absolute Gasteiger partial charge is 0.316 e. The van der Waals surface area contributed by atoms with Crippen molar-refractivity contribution in [3.05, 3.63) is 78.2 Å². The van der Waals surface area contributed by atoms with Crippen LogP contribution in [-0.2, 0) is 16.6 Å². The molecule has 3 rings (SSSR count). The lowest BCUT2D eigenvalue weighted by Gasteiger charge is -2.10. The second kappa shape index (κ2) is 6.59. The lowest BCUT2D eigenvalue weighted by atomic mass is 10.1. The van der Waals surface area contributed by atoms with Gasteiger partial charge in [0, 0.05) is 12.7 Å². The van der Waals surface area contributed by atoms with Gasteiger partial charge >= 0.3 is 0 Å². The monoisotopic (exact) mass is 344 g/mol. The Morgan fingerprint density at radius 1 is 1.04 bits per heavy atom. The summed E-state index contributed by atoms with van der Waals surface area (Å²) >= 11 is 0. The van der Waals surface area contributed by atoms with Crippen LogP contribution in [0.25, 0.3) is 11.3 Å². The number of aromatic nitrogens is 1. The zero-order valence-electron chi connectivity index (χ0n) is 13.1. The highest BCUT2D eigenvalue weighted by molar-refractivity contribution is 7.90. The van der Waals surface area contributed by atoms with Crippen LogP contribution >= 0.6 is 0 Å². The summed E-state index contributed by atoms with van der Waals surface area (Å²) < 4.78 is 40.4. The van der Waals surface area contributed by atoms with Crippen LogP contribution in [0.2, 0.25) is 0 Å². The average molecular weight is 344 g/mol. The van der Waals surface area contributed by atoms with Gasteiger partial charge in [-0.3, -0.25) is 0 Å². The van der Waals surface area contributed by atoms with Gasteiger partial charge in [-0.25, -0.2) is 16.8 Å². The highest BCUT2D eigenvalue weighted by Crippen LogP contribution is 2.27. The Kier molecular flexibility index (Phi) is 4.51. The molecule has 0 saturated heterocycles. The fourth-order valence-corrected chi connectivity index (χ4v) is 3.95. The first-order valence-corrected chi connectivity index (χ1v) is 8.89. The molecule has 0 aliphatic heterocycles. The fraction of sp³-hybridized carbons (Fsp3) is 0.111. The van der Waals surface area contributed by atoms with E-state index in [0.717, 1.165) is 5.56 Å². The zero-order valence-corrected chi connectivity index (χ0v) is 13.9. The average Bonchev–Trinajstić information content (AvgIpc) is 3.01. The van der Waals surface area contributed by atoms with E-state index in [4.69, 9.17) is 0 Å². The minimum absolute atomic E-state index is 0.208. The third kappa shape index (κ3) is 3.11. The zero-order chi connectivity index (χ0) is 17.2. The topological polar surface area (TPSA) is 51.1 Å². The van der Waals surface area contributed by atoms with Crippen molar-refractivity contribution in [2.45, 2.75) is 11.4 Å². The predicted octanol–water partition coefficient (Wildman–Crippen LogP) is 3.25. The lowest BCUT2D eigenvalue weighted by Crippen LogP contribution is -2.13. The van der Waals surface area contributed by atoms with E-state index in [0.29, 0.717) is 17.8 Å². The molecule has 0 spiro atoms. The first-order valence-electron chi connectivity index (χ1n) is 7.45. The van der Waals surface area contributed by atoms with Crippen molar-refractivity contribution in [2.75, 3.05) is 7.05 Å². The molecule has 6 heteroatoms. The quantitative estimate of drug-likeness (QED) is 0.773. The van der Waals surface area contributed by atoms with Crippen molar-refractivity contribution in [3.8, 4) is 11.3 Å². The summed E-state index contributed by atoms with van der Waals surface area (Å²) in [6.45, 7) is 0.533. The molecule has 0 saturated carbocycles. The first kappa shape index (κ1) is 16.4. The molecule has 1 aromatic heterocycles. The van der Waals surface area contributed by atoms with Crippen molar-refractivity contribution >= 4 is 10.0 Å². The first-order chi connectivity index (χ1) is 11.5. The van der Waals surface area contributed by atoms with E-state index in [1.165, 1.54) is 16.1 Å². The Morgan fingerprint density at radius 3 is 2.33 bits per heavy atom. The van der Waals surface area contributed by atoms with Gasteiger partial charge in [-0.15, -0.1) is 0 Å². The van der Waals surface area contributed by atoms with E-state index in [1.54, 1.807) is 61.8 Å². The molecule has 24 heavy (non-hydrogen) atoms. The summed E-state index contributed by atoms with van der Waals surface area (Å²) in [4.78, 5) is 0.208. The molecule has 0 amide bonds. The molecule has 0 atom stereocenters. The van der Waals surface area contributed by atoms with Crippen molar-refractivity contribution in [1.82, 2.24) is 9.29 Å².